The molecule has 10 nitrogen and oxygen atoms in total. The summed E-state index contributed by atoms with van der Waals surface area (Å²) in [4.78, 5) is 40.3. The number of amides is 2. The minimum absolute atomic E-state index is 0.0377. The molecule has 0 spiro atoms. The third kappa shape index (κ3) is 5.55. The van der Waals surface area contributed by atoms with Gasteiger partial charge in [0.15, 0.2) is 5.13 Å². The van der Waals surface area contributed by atoms with Crippen molar-refractivity contribution >= 4 is 34.3 Å². The molecule has 0 aliphatic rings. The fourth-order valence-corrected chi connectivity index (χ4v) is 3.83. The summed E-state index contributed by atoms with van der Waals surface area (Å²) in [5.74, 6) is -2.02. The number of nitriles is 1. The maximum absolute atomic E-state index is 12.7. The van der Waals surface area contributed by atoms with Crippen molar-refractivity contribution in [2.75, 3.05) is 5.32 Å². The van der Waals surface area contributed by atoms with Crippen LogP contribution in [0.25, 0.3) is 11.1 Å². The summed E-state index contributed by atoms with van der Waals surface area (Å²) < 4.78 is 1.66. The maximum atomic E-state index is 12.7. The first-order valence-corrected chi connectivity index (χ1v) is 10.4. The lowest BCUT2D eigenvalue weighted by Gasteiger charge is -2.15. The second kappa shape index (κ2) is 9.84. The highest BCUT2D eigenvalue weighted by atomic mass is 32.1. The van der Waals surface area contributed by atoms with Gasteiger partial charge in [0.25, 0.3) is 5.91 Å². The molecule has 2 aromatic heterocycles. The third-order valence-corrected chi connectivity index (χ3v) is 5.57. The molecule has 2 heterocycles. The fourth-order valence-electron chi connectivity index (χ4n) is 3.01. The van der Waals surface area contributed by atoms with Gasteiger partial charge < -0.3 is 15.7 Å². The van der Waals surface area contributed by atoms with Crippen LogP contribution in [0.3, 0.4) is 0 Å². The van der Waals surface area contributed by atoms with E-state index in [9.17, 15) is 14.4 Å². The number of hydrogen-bond donors (Lipinski definition) is 3. The number of carbonyl (C=O) groups excluding carboxylic acids is 2. The number of aryl methyl sites for hydroxylation is 2. The van der Waals surface area contributed by atoms with E-state index in [0.29, 0.717) is 11.3 Å². The SMILES string of the molecule is Cc1nc(NC(=O)C[C@H](CC#N)NC(=O)c2cccc(-c3cnn(C)c3)c2)sc1C(=O)O. The fraction of sp³-hybridized carbons (Fsp3) is 0.238. The van der Waals surface area contributed by atoms with E-state index in [1.54, 1.807) is 36.1 Å². The molecular weight excluding hydrogens is 432 g/mol. The maximum Gasteiger partial charge on any atom is 0.347 e. The summed E-state index contributed by atoms with van der Waals surface area (Å²) in [6.07, 6.45) is 3.28. The van der Waals surface area contributed by atoms with Gasteiger partial charge in [0, 0.05) is 30.8 Å². The van der Waals surface area contributed by atoms with E-state index in [1.165, 1.54) is 6.92 Å². The van der Waals surface area contributed by atoms with Gasteiger partial charge in [0.2, 0.25) is 5.91 Å². The zero-order chi connectivity index (χ0) is 23.3. The number of carboxylic acid groups (broad SMARTS) is 1. The Kier molecular flexibility index (Phi) is 6.97. The number of nitrogens with one attached hydrogen (secondary N) is 2. The van der Waals surface area contributed by atoms with Crippen LogP contribution in [0.1, 0.15) is 38.6 Å². The Morgan fingerprint density at radius 1 is 1.31 bits per heavy atom. The minimum Gasteiger partial charge on any atom is -0.477 e. The summed E-state index contributed by atoms with van der Waals surface area (Å²) in [5, 5.41) is 27.7. The highest BCUT2D eigenvalue weighted by Crippen LogP contribution is 2.23. The topological polar surface area (TPSA) is 150 Å². The molecule has 2 amide bonds. The number of rotatable bonds is 8. The lowest BCUT2D eigenvalue weighted by molar-refractivity contribution is -0.116. The van der Waals surface area contributed by atoms with Crippen LogP contribution in [0.4, 0.5) is 5.13 Å². The first-order valence-electron chi connectivity index (χ1n) is 9.54. The van der Waals surface area contributed by atoms with Gasteiger partial charge in [-0.05, 0) is 24.6 Å². The monoisotopic (exact) mass is 452 g/mol. The molecule has 0 fully saturated rings. The molecule has 0 bridgehead atoms. The van der Waals surface area contributed by atoms with Crippen molar-refractivity contribution in [3.05, 3.63) is 52.8 Å². The molecule has 3 N–H and O–H groups in total. The molecule has 0 saturated heterocycles. The second-order valence-electron chi connectivity index (χ2n) is 7.01. The lowest BCUT2D eigenvalue weighted by atomic mass is 10.0. The minimum atomic E-state index is -1.12. The van der Waals surface area contributed by atoms with Crippen molar-refractivity contribution in [1.29, 1.82) is 5.26 Å². The molecule has 164 valence electrons. The van der Waals surface area contributed by atoms with Crippen LogP contribution < -0.4 is 10.6 Å². The first-order chi connectivity index (χ1) is 15.3. The lowest BCUT2D eigenvalue weighted by Crippen LogP contribution is -2.37. The van der Waals surface area contributed by atoms with Crippen molar-refractivity contribution in [3.8, 4) is 17.2 Å². The molecule has 3 rings (SSSR count). The molecule has 32 heavy (non-hydrogen) atoms. The number of nitrogens with zero attached hydrogens (tertiary/aromatic N) is 4. The number of thiazole rings is 1. The van der Waals surface area contributed by atoms with Crippen LogP contribution in [0.2, 0.25) is 0 Å². The van der Waals surface area contributed by atoms with E-state index in [4.69, 9.17) is 10.4 Å². The number of aromatic carboxylic acids is 1. The van der Waals surface area contributed by atoms with Crippen LogP contribution in [0, 0.1) is 18.3 Å². The molecule has 1 atom stereocenters. The van der Waals surface area contributed by atoms with Crippen LogP contribution >= 0.6 is 11.3 Å². The van der Waals surface area contributed by atoms with Gasteiger partial charge in [-0.2, -0.15) is 10.4 Å². The largest absolute Gasteiger partial charge is 0.477 e. The molecule has 0 saturated carbocycles. The first kappa shape index (κ1) is 22.6. The Morgan fingerprint density at radius 3 is 2.72 bits per heavy atom. The van der Waals surface area contributed by atoms with Gasteiger partial charge in [-0.25, -0.2) is 9.78 Å². The summed E-state index contributed by atoms with van der Waals surface area (Å²) in [6, 6.07) is 8.19. The summed E-state index contributed by atoms with van der Waals surface area (Å²) in [6.45, 7) is 1.54. The van der Waals surface area contributed by atoms with E-state index in [1.807, 2.05) is 18.3 Å². The third-order valence-electron chi connectivity index (χ3n) is 4.50. The quantitative estimate of drug-likeness (QED) is 0.475. The van der Waals surface area contributed by atoms with Gasteiger partial charge in [-0.15, -0.1) is 0 Å². The summed E-state index contributed by atoms with van der Waals surface area (Å²) >= 11 is 0.847. The molecule has 0 aliphatic heterocycles. The van der Waals surface area contributed by atoms with E-state index < -0.39 is 23.8 Å². The molecule has 0 unspecified atom stereocenters. The molecule has 1 aromatic carbocycles. The second-order valence-corrected chi connectivity index (χ2v) is 8.01. The predicted octanol–water partition coefficient (Wildman–Crippen LogP) is 2.59. The van der Waals surface area contributed by atoms with Crippen LogP contribution in [-0.2, 0) is 11.8 Å². The van der Waals surface area contributed by atoms with Crippen molar-refractivity contribution in [2.45, 2.75) is 25.8 Å². The standard InChI is InChI=1S/C21H20N6O4S/c1-12-18(20(30)31)32-21(24-12)26-17(28)9-16(6-7-22)25-19(29)14-5-3-4-13(8-14)15-10-23-27(2)11-15/h3-5,8,10-11,16H,6,9H2,1-2H3,(H,25,29)(H,30,31)(H,24,26,28)/t16-/m0/s1. The highest BCUT2D eigenvalue weighted by molar-refractivity contribution is 7.17. The van der Waals surface area contributed by atoms with Gasteiger partial charge in [-0.3, -0.25) is 14.3 Å². The number of carbonyl (C=O) groups is 3. The average molecular weight is 452 g/mol. The van der Waals surface area contributed by atoms with Crippen LogP contribution in [0.15, 0.2) is 36.7 Å². The Bertz CT molecular complexity index is 1210. The van der Waals surface area contributed by atoms with Gasteiger partial charge >= 0.3 is 5.97 Å². The van der Waals surface area contributed by atoms with Gasteiger partial charge in [0.1, 0.15) is 4.88 Å². The van der Waals surface area contributed by atoms with Gasteiger partial charge in [-0.1, -0.05) is 23.5 Å². The zero-order valence-corrected chi connectivity index (χ0v) is 18.1. The Balaban J connectivity index is 1.66. The number of aromatic nitrogens is 3. The Morgan fingerprint density at radius 2 is 2.09 bits per heavy atom. The predicted molar refractivity (Wildman–Crippen MR) is 117 cm³/mol. The smallest absolute Gasteiger partial charge is 0.347 e. The molecule has 11 heteroatoms. The van der Waals surface area contributed by atoms with Crippen molar-refractivity contribution < 1.29 is 19.5 Å². The zero-order valence-electron chi connectivity index (χ0n) is 17.3. The number of carboxylic acids is 1. The number of hydrogen-bond acceptors (Lipinski definition) is 7. The Labute approximate surface area is 187 Å². The van der Waals surface area contributed by atoms with Crippen molar-refractivity contribution in [2.24, 2.45) is 7.05 Å². The van der Waals surface area contributed by atoms with Crippen molar-refractivity contribution in [3.63, 3.8) is 0 Å². The van der Waals surface area contributed by atoms with E-state index >= 15 is 0 Å². The van der Waals surface area contributed by atoms with Crippen molar-refractivity contribution in [1.82, 2.24) is 20.1 Å². The summed E-state index contributed by atoms with van der Waals surface area (Å²) in [7, 11) is 1.80. The van der Waals surface area contributed by atoms with Gasteiger partial charge in [0.05, 0.1) is 30.4 Å². The molecular formula is C21H20N6O4S. The van der Waals surface area contributed by atoms with E-state index in [2.05, 4.69) is 20.7 Å². The molecule has 3 aromatic rings. The Hall–Kier alpha value is -4.04. The highest BCUT2D eigenvalue weighted by Gasteiger charge is 2.20. The average Bonchev–Trinajstić information content (AvgIpc) is 3.33. The van der Waals surface area contributed by atoms with E-state index in [0.717, 1.165) is 22.5 Å². The molecule has 0 aliphatic carbocycles. The van der Waals surface area contributed by atoms with Crippen LogP contribution in [-0.4, -0.2) is 43.7 Å². The van der Waals surface area contributed by atoms with E-state index in [-0.39, 0.29) is 22.9 Å². The molecule has 0 radical (unpaired) electrons. The van der Waals surface area contributed by atoms with Crippen LogP contribution in [0.5, 0.6) is 0 Å². The number of benzene rings is 1. The number of anilines is 1. The summed E-state index contributed by atoms with van der Waals surface area (Å²) in [5.41, 5.74) is 2.35. The normalized spacial score (nSPS) is 11.4.